The maximum absolute atomic E-state index is 13.6. The first-order chi connectivity index (χ1) is 13.1. The Hall–Kier alpha value is -1.63. The molecule has 0 aromatic carbocycles. The summed E-state index contributed by atoms with van der Waals surface area (Å²) in [4.78, 5) is 32.6. The van der Waals surface area contributed by atoms with E-state index < -0.39 is 0 Å². The summed E-state index contributed by atoms with van der Waals surface area (Å²) in [5.74, 6) is 2.35. The molecule has 6 nitrogen and oxygen atoms in total. The van der Waals surface area contributed by atoms with Crippen molar-refractivity contribution in [1.29, 1.82) is 0 Å². The minimum absolute atomic E-state index is 0.109. The van der Waals surface area contributed by atoms with Gasteiger partial charge in [-0.05, 0) is 69.1 Å². The maximum Gasteiger partial charge on any atom is 0.248 e. The molecule has 2 heterocycles. The first-order valence-electron chi connectivity index (χ1n) is 10.2. The van der Waals surface area contributed by atoms with Crippen molar-refractivity contribution in [3.63, 3.8) is 0 Å². The van der Waals surface area contributed by atoms with Gasteiger partial charge in [0, 0.05) is 6.54 Å². The van der Waals surface area contributed by atoms with E-state index in [1.807, 2.05) is 4.90 Å². The number of carbonyl (C=O) groups is 2. The third kappa shape index (κ3) is 2.94. The summed E-state index contributed by atoms with van der Waals surface area (Å²) >= 11 is 1.31. The average Bonchev–Trinajstić information content (AvgIpc) is 3.29. The number of amides is 2. The van der Waals surface area contributed by atoms with Crippen molar-refractivity contribution >= 4 is 28.3 Å². The third-order valence-corrected chi connectivity index (χ3v) is 8.10. The summed E-state index contributed by atoms with van der Waals surface area (Å²) < 4.78 is 5.14. The van der Waals surface area contributed by atoms with Gasteiger partial charge in [0.2, 0.25) is 11.8 Å². The number of aromatic nitrogens is 1. The summed E-state index contributed by atoms with van der Waals surface area (Å²) in [6.45, 7) is 0.708. The van der Waals surface area contributed by atoms with Crippen LogP contribution in [-0.2, 0) is 9.59 Å². The van der Waals surface area contributed by atoms with Crippen molar-refractivity contribution < 1.29 is 14.3 Å². The van der Waals surface area contributed by atoms with Gasteiger partial charge in [-0.2, -0.15) is 0 Å². The van der Waals surface area contributed by atoms with Crippen LogP contribution in [0.1, 0.15) is 51.4 Å². The number of carbonyl (C=O) groups excluding carboxylic acids is 2. The fraction of sp³-hybridized carbons (Fsp3) is 0.750. The number of nitrogens with one attached hydrogen (secondary N) is 1. The normalized spacial score (nSPS) is 36.9. The molecular formula is C20H27N3O3S. The van der Waals surface area contributed by atoms with Crippen LogP contribution in [0.4, 0.5) is 5.13 Å². The Morgan fingerprint density at radius 3 is 2.48 bits per heavy atom. The molecule has 1 atom stereocenters. The Morgan fingerprint density at radius 2 is 1.89 bits per heavy atom. The molecule has 1 aliphatic heterocycles. The largest absolute Gasteiger partial charge is 0.486 e. The highest BCUT2D eigenvalue weighted by molar-refractivity contribution is 7.17. The van der Waals surface area contributed by atoms with Crippen LogP contribution in [0, 0.1) is 23.2 Å². The van der Waals surface area contributed by atoms with Crippen LogP contribution >= 0.6 is 11.3 Å². The van der Waals surface area contributed by atoms with Gasteiger partial charge >= 0.3 is 0 Å². The second kappa shape index (κ2) is 6.47. The lowest BCUT2D eigenvalue weighted by Gasteiger charge is -2.56. The van der Waals surface area contributed by atoms with Crippen molar-refractivity contribution in [1.82, 2.24) is 9.88 Å². The van der Waals surface area contributed by atoms with E-state index in [9.17, 15) is 9.59 Å². The molecule has 2 amide bonds. The minimum Gasteiger partial charge on any atom is -0.486 e. The maximum atomic E-state index is 13.6. The standard InChI is InChI=1S/C20H27N3O3S/c1-26-16-11-21-19(27-16)22-17(24)15-3-2-4-23(15)18(25)20-8-12-5-13(9-20)7-14(6-12)10-20/h11-15H,2-10H2,1H3,(H,21,22,24)/t12?,13?,14?,15-,20?/m0/s1. The Kier molecular flexibility index (Phi) is 4.18. The highest BCUT2D eigenvalue weighted by Crippen LogP contribution is 2.60. The van der Waals surface area contributed by atoms with Crippen molar-refractivity contribution in [2.24, 2.45) is 23.2 Å². The first kappa shape index (κ1) is 17.5. The second-order valence-corrected chi connectivity index (χ2v) is 10.0. The smallest absolute Gasteiger partial charge is 0.248 e. The fourth-order valence-electron chi connectivity index (χ4n) is 6.56. The Bertz CT molecular complexity index is 726. The van der Waals surface area contributed by atoms with Gasteiger partial charge in [-0.1, -0.05) is 11.3 Å². The highest BCUT2D eigenvalue weighted by atomic mass is 32.1. The van der Waals surface area contributed by atoms with Gasteiger partial charge in [0.05, 0.1) is 18.7 Å². The molecule has 5 fully saturated rings. The number of hydrogen-bond acceptors (Lipinski definition) is 5. The van der Waals surface area contributed by atoms with Gasteiger partial charge < -0.3 is 15.0 Å². The number of hydrogen-bond donors (Lipinski definition) is 1. The van der Waals surface area contributed by atoms with Crippen molar-refractivity contribution in [3.05, 3.63) is 6.20 Å². The molecular weight excluding hydrogens is 362 g/mol. The number of rotatable bonds is 4. The molecule has 4 aliphatic carbocycles. The van der Waals surface area contributed by atoms with Gasteiger partial charge in [-0.3, -0.25) is 9.59 Å². The average molecular weight is 390 g/mol. The van der Waals surface area contributed by atoms with E-state index in [0.29, 0.717) is 16.7 Å². The lowest BCUT2D eigenvalue weighted by molar-refractivity contribution is -0.160. The predicted octanol–water partition coefficient (Wildman–Crippen LogP) is 3.30. The SMILES string of the molecule is COc1cnc(NC(=O)[C@@H]2CCCN2C(=O)C23CC4CC(CC(C4)C2)C3)s1. The van der Waals surface area contributed by atoms with Crippen molar-refractivity contribution in [2.45, 2.75) is 57.4 Å². The van der Waals surface area contributed by atoms with Crippen LogP contribution < -0.4 is 10.1 Å². The summed E-state index contributed by atoms with van der Waals surface area (Å²) in [5, 5.41) is 4.09. The van der Waals surface area contributed by atoms with Crippen LogP contribution in [0.25, 0.3) is 0 Å². The topological polar surface area (TPSA) is 71.5 Å². The molecule has 0 radical (unpaired) electrons. The van der Waals surface area contributed by atoms with E-state index in [0.717, 1.165) is 49.9 Å². The molecule has 1 saturated heterocycles. The van der Waals surface area contributed by atoms with Gasteiger partial charge in [0.25, 0.3) is 0 Å². The molecule has 4 bridgehead atoms. The summed E-state index contributed by atoms with van der Waals surface area (Å²) in [7, 11) is 1.59. The molecule has 4 saturated carbocycles. The number of ether oxygens (including phenoxy) is 1. The van der Waals surface area contributed by atoms with Crippen LogP contribution in [-0.4, -0.2) is 41.4 Å². The zero-order valence-corrected chi connectivity index (χ0v) is 16.6. The van der Waals surface area contributed by atoms with Gasteiger partial charge in [-0.15, -0.1) is 0 Å². The lowest BCUT2D eigenvalue weighted by atomic mass is 9.49. The second-order valence-electron chi connectivity index (χ2n) is 9.03. The van der Waals surface area contributed by atoms with Crippen LogP contribution in [0.5, 0.6) is 5.06 Å². The van der Waals surface area contributed by atoms with Gasteiger partial charge in [0.1, 0.15) is 6.04 Å². The van der Waals surface area contributed by atoms with E-state index in [1.165, 1.54) is 30.6 Å². The molecule has 146 valence electrons. The lowest BCUT2D eigenvalue weighted by Crippen LogP contribution is -2.56. The highest BCUT2D eigenvalue weighted by Gasteiger charge is 2.56. The number of nitrogens with zero attached hydrogens (tertiary/aromatic N) is 2. The molecule has 1 aromatic rings. The molecule has 6 rings (SSSR count). The predicted molar refractivity (Wildman–Crippen MR) is 103 cm³/mol. The molecule has 1 aromatic heterocycles. The third-order valence-electron chi connectivity index (χ3n) is 7.22. The van der Waals surface area contributed by atoms with E-state index >= 15 is 0 Å². The van der Waals surface area contributed by atoms with Crippen LogP contribution in [0.15, 0.2) is 6.20 Å². The van der Waals surface area contributed by atoms with E-state index in [2.05, 4.69) is 10.3 Å². The number of likely N-dealkylation sites (tertiary alicyclic amines) is 1. The molecule has 27 heavy (non-hydrogen) atoms. The Morgan fingerprint density at radius 1 is 1.22 bits per heavy atom. The number of thiazole rings is 1. The van der Waals surface area contributed by atoms with Crippen LogP contribution in [0.3, 0.4) is 0 Å². The molecule has 7 heteroatoms. The summed E-state index contributed by atoms with van der Waals surface area (Å²) in [5.41, 5.74) is -0.179. The number of anilines is 1. The number of methoxy groups -OCH3 is 1. The fourth-order valence-corrected chi connectivity index (χ4v) is 7.20. The van der Waals surface area contributed by atoms with Gasteiger partial charge in [-0.25, -0.2) is 4.98 Å². The van der Waals surface area contributed by atoms with E-state index in [-0.39, 0.29) is 23.3 Å². The van der Waals surface area contributed by atoms with Crippen molar-refractivity contribution in [3.8, 4) is 5.06 Å². The minimum atomic E-state index is -0.361. The van der Waals surface area contributed by atoms with Crippen molar-refractivity contribution in [2.75, 3.05) is 19.0 Å². The first-order valence-corrected chi connectivity index (χ1v) is 11.0. The Labute approximate surface area is 163 Å². The molecule has 0 spiro atoms. The quantitative estimate of drug-likeness (QED) is 0.858. The molecule has 0 unspecified atom stereocenters. The van der Waals surface area contributed by atoms with Crippen LogP contribution in [0.2, 0.25) is 0 Å². The van der Waals surface area contributed by atoms with Gasteiger partial charge in [0.15, 0.2) is 10.2 Å². The Balaban J connectivity index is 1.32. The monoisotopic (exact) mass is 389 g/mol. The summed E-state index contributed by atoms with van der Waals surface area (Å²) in [6, 6.07) is -0.361. The van der Waals surface area contributed by atoms with E-state index in [1.54, 1.807) is 13.3 Å². The summed E-state index contributed by atoms with van der Waals surface area (Å²) in [6.07, 6.45) is 10.4. The molecule has 1 N–H and O–H groups in total. The van der Waals surface area contributed by atoms with E-state index in [4.69, 9.17) is 4.74 Å². The molecule has 5 aliphatic rings. The zero-order valence-electron chi connectivity index (χ0n) is 15.8. The zero-order chi connectivity index (χ0) is 18.6.